The average Bonchev–Trinajstić information content (AvgIpc) is 2.75. The molecule has 0 aliphatic heterocycles. The van der Waals surface area contributed by atoms with Gasteiger partial charge in [0.05, 0.1) is 6.54 Å². The van der Waals surface area contributed by atoms with Crippen LogP contribution in [0.25, 0.3) is 0 Å². The minimum absolute atomic E-state index is 0.150. The third kappa shape index (κ3) is 3.75. The van der Waals surface area contributed by atoms with Crippen molar-refractivity contribution in [1.29, 1.82) is 0 Å². The van der Waals surface area contributed by atoms with Gasteiger partial charge >= 0.3 is 0 Å². The SMILES string of the molecule is FC(F)CN(CCBr)Cc1ccc2c(c1)CCC2. The first kappa shape index (κ1) is 13.9. The molecule has 18 heavy (non-hydrogen) atoms. The molecule has 0 radical (unpaired) electrons. The van der Waals surface area contributed by atoms with Crippen molar-refractivity contribution in [3.63, 3.8) is 0 Å². The van der Waals surface area contributed by atoms with E-state index in [1.165, 1.54) is 17.5 Å². The summed E-state index contributed by atoms with van der Waals surface area (Å²) in [6.45, 7) is 1.12. The van der Waals surface area contributed by atoms with Crippen molar-refractivity contribution in [3.8, 4) is 0 Å². The minimum atomic E-state index is -2.27. The molecular weight excluding hydrogens is 300 g/mol. The molecule has 4 heteroatoms. The summed E-state index contributed by atoms with van der Waals surface area (Å²) in [4.78, 5) is 1.80. The second-order valence-electron chi connectivity index (χ2n) is 4.77. The van der Waals surface area contributed by atoms with Crippen molar-refractivity contribution in [3.05, 3.63) is 34.9 Å². The van der Waals surface area contributed by atoms with E-state index in [-0.39, 0.29) is 6.54 Å². The van der Waals surface area contributed by atoms with Gasteiger partial charge in [-0.2, -0.15) is 0 Å². The molecule has 100 valence electrons. The van der Waals surface area contributed by atoms with Crippen LogP contribution in [0.4, 0.5) is 8.78 Å². The fourth-order valence-corrected chi connectivity index (χ4v) is 3.03. The molecule has 0 amide bonds. The summed E-state index contributed by atoms with van der Waals surface area (Å²) in [5.41, 5.74) is 3.99. The quantitative estimate of drug-likeness (QED) is 0.724. The monoisotopic (exact) mass is 317 g/mol. The highest BCUT2D eigenvalue weighted by molar-refractivity contribution is 9.09. The summed E-state index contributed by atoms with van der Waals surface area (Å²) in [7, 11) is 0. The zero-order chi connectivity index (χ0) is 13.0. The van der Waals surface area contributed by atoms with Crippen LogP contribution in [0.3, 0.4) is 0 Å². The number of nitrogens with zero attached hydrogens (tertiary/aromatic N) is 1. The van der Waals surface area contributed by atoms with Crippen molar-refractivity contribution >= 4 is 15.9 Å². The van der Waals surface area contributed by atoms with Crippen LogP contribution in [0.15, 0.2) is 18.2 Å². The smallest absolute Gasteiger partial charge is 0.251 e. The molecule has 2 rings (SSSR count). The van der Waals surface area contributed by atoms with Gasteiger partial charge in [-0.3, -0.25) is 4.90 Å². The molecule has 0 saturated carbocycles. The zero-order valence-electron chi connectivity index (χ0n) is 10.3. The fourth-order valence-electron chi connectivity index (χ4n) is 2.53. The van der Waals surface area contributed by atoms with Crippen LogP contribution < -0.4 is 0 Å². The maximum atomic E-state index is 12.5. The number of halogens is 3. The topological polar surface area (TPSA) is 3.24 Å². The summed E-state index contributed by atoms with van der Waals surface area (Å²) in [6, 6.07) is 6.43. The van der Waals surface area contributed by atoms with Crippen molar-refractivity contribution < 1.29 is 8.78 Å². The Hall–Kier alpha value is -0.480. The molecule has 0 saturated heterocycles. The number of hydrogen-bond acceptors (Lipinski definition) is 1. The van der Waals surface area contributed by atoms with Crippen LogP contribution in [-0.4, -0.2) is 29.7 Å². The molecule has 1 nitrogen and oxygen atoms in total. The van der Waals surface area contributed by atoms with Crippen molar-refractivity contribution in [2.24, 2.45) is 0 Å². The lowest BCUT2D eigenvalue weighted by Gasteiger charge is -2.21. The number of fused-ring (bicyclic) bond motifs is 1. The number of aryl methyl sites for hydroxylation is 2. The molecule has 1 aromatic carbocycles. The Bertz CT molecular complexity index is 395. The van der Waals surface area contributed by atoms with E-state index < -0.39 is 6.43 Å². The van der Waals surface area contributed by atoms with Crippen LogP contribution >= 0.6 is 15.9 Å². The fraction of sp³-hybridized carbons (Fsp3) is 0.571. The van der Waals surface area contributed by atoms with Crippen LogP contribution in [0, 0.1) is 0 Å². The lowest BCUT2D eigenvalue weighted by molar-refractivity contribution is 0.0881. The second kappa shape index (κ2) is 6.62. The molecule has 0 fully saturated rings. The maximum absolute atomic E-state index is 12.5. The Morgan fingerprint density at radius 2 is 2.00 bits per heavy atom. The first-order chi connectivity index (χ1) is 8.69. The molecular formula is C14H18BrF2N. The minimum Gasteiger partial charge on any atom is -0.293 e. The number of rotatable bonds is 6. The Labute approximate surface area is 115 Å². The van der Waals surface area contributed by atoms with E-state index in [9.17, 15) is 8.78 Å². The normalized spacial score (nSPS) is 14.5. The van der Waals surface area contributed by atoms with Gasteiger partial charge < -0.3 is 0 Å². The zero-order valence-corrected chi connectivity index (χ0v) is 11.9. The van der Waals surface area contributed by atoms with Gasteiger partial charge in [0.1, 0.15) is 0 Å². The van der Waals surface area contributed by atoms with Gasteiger partial charge in [-0.15, -0.1) is 0 Å². The van der Waals surface area contributed by atoms with E-state index in [1.54, 1.807) is 4.90 Å². The molecule has 1 aliphatic rings. The number of benzene rings is 1. The predicted molar refractivity (Wildman–Crippen MR) is 73.5 cm³/mol. The van der Waals surface area contributed by atoms with E-state index in [4.69, 9.17) is 0 Å². The van der Waals surface area contributed by atoms with Gasteiger partial charge in [-0.05, 0) is 36.0 Å². The van der Waals surface area contributed by atoms with E-state index in [2.05, 4.69) is 34.1 Å². The lowest BCUT2D eigenvalue weighted by Crippen LogP contribution is -2.30. The molecule has 0 bridgehead atoms. The summed E-state index contributed by atoms with van der Waals surface area (Å²) in [5, 5.41) is 0.727. The van der Waals surface area contributed by atoms with Crippen LogP contribution in [-0.2, 0) is 19.4 Å². The summed E-state index contributed by atoms with van der Waals surface area (Å²) >= 11 is 3.32. The second-order valence-corrected chi connectivity index (χ2v) is 5.56. The third-order valence-electron chi connectivity index (χ3n) is 3.37. The van der Waals surface area contributed by atoms with Crippen LogP contribution in [0.2, 0.25) is 0 Å². The summed E-state index contributed by atoms with van der Waals surface area (Å²) in [5.74, 6) is 0. The molecule has 0 spiro atoms. The third-order valence-corrected chi connectivity index (χ3v) is 3.72. The summed E-state index contributed by atoms with van der Waals surface area (Å²) in [6.07, 6.45) is 1.26. The Kier molecular flexibility index (Phi) is 5.13. The maximum Gasteiger partial charge on any atom is 0.251 e. The van der Waals surface area contributed by atoms with Crippen molar-refractivity contribution in [1.82, 2.24) is 4.90 Å². The Balaban J connectivity index is 2.01. The number of hydrogen-bond donors (Lipinski definition) is 0. The highest BCUT2D eigenvalue weighted by Crippen LogP contribution is 2.23. The molecule has 1 aromatic rings. The van der Waals surface area contributed by atoms with Crippen LogP contribution in [0.5, 0.6) is 0 Å². The molecule has 0 atom stereocenters. The molecule has 0 unspecified atom stereocenters. The van der Waals surface area contributed by atoms with E-state index in [0.29, 0.717) is 13.1 Å². The van der Waals surface area contributed by atoms with Crippen molar-refractivity contribution in [2.75, 3.05) is 18.4 Å². The average molecular weight is 318 g/mol. The van der Waals surface area contributed by atoms with Gasteiger partial charge in [0.15, 0.2) is 0 Å². The molecule has 0 N–H and O–H groups in total. The highest BCUT2D eigenvalue weighted by atomic mass is 79.9. The van der Waals surface area contributed by atoms with Gasteiger partial charge in [0.25, 0.3) is 6.43 Å². The van der Waals surface area contributed by atoms with Gasteiger partial charge in [0, 0.05) is 18.4 Å². The number of alkyl halides is 3. The first-order valence-electron chi connectivity index (χ1n) is 6.36. The van der Waals surface area contributed by atoms with E-state index >= 15 is 0 Å². The predicted octanol–water partition coefficient (Wildman–Crippen LogP) is 3.64. The van der Waals surface area contributed by atoms with Crippen molar-refractivity contribution in [2.45, 2.75) is 32.2 Å². The molecule has 0 heterocycles. The highest BCUT2D eigenvalue weighted by Gasteiger charge is 2.14. The van der Waals surface area contributed by atoms with E-state index in [0.717, 1.165) is 23.7 Å². The Morgan fingerprint density at radius 1 is 1.22 bits per heavy atom. The molecule has 0 aromatic heterocycles. The van der Waals surface area contributed by atoms with Crippen LogP contribution in [0.1, 0.15) is 23.1 Å². The van der Waals surface area contributed by atoms with Gasteiger partial charge in [0.2, 0.25) is 0 Å². The molecule has 1 aliphatic carbocycles. The largest absolute Gasteiger partial charge is 0.293 e. The summed E-state index contributed by atoms with van der Waals surface area (Å²) < 4.78 is 24.9. The lowest BCUT2D eigenvalue weighted by atomic mass is 10.1. The van der Waals surface area contributed by atoms with Gasteiger partial charge in [-0.1, -0.05) is 34.1 Å². The first-order valence-corrected chi connectivity index (χ1v) is 7.48. The Morgan fingerprint density at radius 3 is 2.72 bits per heavy atom. The standard InChI is InChI=1S/C14H18BrF2N/c15-6-7-18(10-14(16)17)9-11-4-5-12-2-1-3-13(12)8-11/h4-5,8,14H,1-3,6-7,9-10H2. The van der Waals surface area contributed by atoms with Gasteiger partial charge in [-0.25, -0.2) is 8.78 Å². The van der Waals surface area contributed by atoms with E-state index in [1.807, 2.05) is 0 Å².